The summed E-state index contributed by atoms with van der Waals surface area (Å²) in [6, 6.07) is 6.54. The van der Waals surface area contributed by atoms with Crippen molar-refractivity contribution in [3.8, 4) is 0 Å². The van der Waals surface area contributed by atoms with Gasteiger partial charge in [-0.05, 0) is 24.8 Å². The summed E-state index contributed by atoms with van der Waals surface area (Å²) >= 11 is 0. The van der Waals surface area contributed by atoms with E-state index >= 15 is 0 Å². The predicted molar refractivity (Wildman–Crippen MR) is 75.0 cm³/mol. The van der Waals surface area contributed by atoms with Crippen LogP contribution in [0.1, 0.15) is 38.8 Å². The molecule has 106 valence electrons. The third-order valence-corrected chi connectivity index (χ3v) is 3.01. The zero-order valence-electron chi connectivity index (χ0n) is 11.7. The highest BCUT2D eigenvalue weighted by molar-refractivity contribution is 5.33. The van der Waals surface area contributed by atoms with Gasteiger partial charge in [-0.3, -0.25) is 10.1 Å². The lowest BCUT2D eigenvalue weighted by Crippen LogP contribution is -2.29. The molecule has 19 heavy (non-hydrogen) atoms. The maximum Gasteiger partial charge on any atom is 0.269 e. The maximum atomic E-state index is 10.6. The summed E-state index contributed by atoms with van der Waals surface area (Å²) in [7, 11) is 0. The number of nitro groups is 1. The van der Waals surface area contributed by atoms with Gasteiger partial charge >= 0.3 is 0 Å². The minimum absolute atomic E-state index is 0.0580. The van der Waals surface area contributed by atoms with Crippen molar-refractivity contribution in [2.75, 3.05) is 6.54 Å². The summed E-state index contributed by atoms with van der Waals surface area (Å²) in [6.45, 7) is 6.64. The molecule has 5 heteroatoms. The lowest BCUT2D eigenvalue weighted by Gasteiger charge is -2.18. The Morgan fingerprint density at radius 2 is 1.84 bits per heavy atom. The number of benzene rings is 1. The highest BCUT2D eigenvalue weighted by Gasteiger charge is 2.11. The first-order chi connectivity index (χ1) is 8.90. The molecule has 1 rings (SSSR count). The van der Waals surface area contributed by atoms with Crippen LogP contribution in [0.4, 0.5) is 5.69 Å². The first-order valence-electron chi connectivity index (χ1n) is 6.56. The second kappa shape index (κ2) is 7.21. The molecule has 0 fully saturated rings. The van der Waals surface area contributed by atoms with Gasteiger partial charge in [-0.1, -0.05) is 26.0 Å². The first kappa shape index (κ1) is 15.6. The van der Waals surface area contributed by atoms with Gasteiger partial charge in [0, 0.05) is 24.7 Å². The van der Waals surface area contributed by atoms with E-state index in [9.17, 15) is 15.2 Å². The van der Waals surface area contributed by atoms with Crippen molar-refractivity contribution in [1.82, 2.24) is 5.32 Å². The second-order valence-electron chi connectivity index (χ2n) is 5.26. The SMILES string of the molecule is CC(C)CC(O)CNC(C)c1ccc([N+](=O)[O-])cc1. The van der Waals surface area contributed by atoms with Crippen molar-refractivity contribution in [3.05, 3.63) is 39.9 Å². The average molecular weight is 266 g/mol. The number of rotatable bonds is 7. The molecule has 5 nitrogen and oxygen atoms in total. The Morgan fingerprint density at radius 1 is 1.26 bits per heavy atom. The fraction of sp³-hybridized carbons (Fsp3) is 0.571. The van der Waals surface area contributed by atoms with Gasteiger partial charge in [0.05, 0.1) is 11.0 Å². The van der Waals surface area contributed by atoms with E-state index in [-0.39, 0.29) is 17.8 Å². The summed E-state index contributed by atoms with van der Waals surface area (Å²) in [5.74, 6) is 0.464. The molecule has 0 aliphatic rings. The van der Waals surface area contributed by atoms with Crippen LogP contribution >= 0.6 is 0 Å². The van der Waals surface area contributed by atoms with Crippen molar-refractivity contribution in [1.29, 1.82) is 0 Å². The van der Waals surface area contributed by atoms with Crippen molar-refractivity contribution >= 4 is 5.69 Å². The molecular weight excluding hydrogens is 244 g/mol. The van der Waals surface area contributed by atoms with Crippen LogP contribution in [0.15, 0.2) is 24.3 Å². The highest BCUT2D eigenvalue weighted by atomic mass is 16.6. The van der Waals surface area contributed by atoms with Gasteiger partial charge in [0.15, 0.2) is 0 Å². The Bertz CT molecular complexity index is 404. The monoisotopic (exact) mass is 266 g/mol. The minimum Gasteiger partial charge on any atom is -0.392 e. The summed E-state index contributed by atoms with van der Waals surface area (Å²) in [5, 5.41) is 23.6. The normalized spacial score (nSPS) is 14.4. The van der Waals surface area contributed by atoms with E-state index in [1.54, 1.807) is 12.1 Å². The van der Waals surface area contributed by atoms with E-state index in [2.05, 4.69) is 19.2 Å². The lowest BCUT2D eigenvalue weighted by molar-refractivity contribution is -0.384. The number of nitrogens with one attached hydrogen (secondary N) is 1. The summed E-state index contributed by atoms with van der Waals surface area (Å²) in [6.07, 6.45) is 0.403. The fourth-order valence-corrected chi connectivity index (χ4v) is 1.94. The third-order valence-electron chi connectivity index (χ3n) is 3.01. The van der Waals surface area contributed by atoms with E-state index in [1.165, 1.54) is 12.1 Å². The zero-order chi connectivity index (χ0) is 14.4. The number of hydrogen-bond acceptors (Lipinski definition) is 4. The number of aliphatic hydroxyl groups excluding tert-OH is 1. The quantitative estimate of drug-likeness (QED) is 0.587. The summed E-state index contributed by atoms with van der Waals surface area (Å²) in [4.78, 5) is 10.1. The van der Waals surface area contributed by atoms with E-state index < -0.39 is 4.92 Å². The summed E-state index contributed by atoms with van der Waals surface area (Å²) < 4.78 is 0. The van der Waals surface area contributed by atoms with Crippen molar-refractivity contribution in [2.45, 2.75) is 39.3 Å². The van der Waals surface area contributed by atoms with Gasteiger partial charge in [-0.2, -0.15) is 0 Å². The molecule has 0 spiro atoms. The second-order valence-corrected chi connectivity index (χ2v) is 5.26. The van der Waals surface area contributed by atoms with Crippen LogP contribution in [0.25, 0.3) is 0 Å². The smallest absolute Gasteiger partial charge is 0.269 e. The van der Waals surface area contributed by atoms with E-state index in [0.717, 1.165) is 12.0 Å². The Balaban J connectivity index is 2.49. The van der Waals surface area contributed by atoms with E-state index in [0.29, 0.717) is 12.5 Å². The molecule has 1 aromatic carbocycles. The van der Waals surface area contributed by atoms with Gasteiger partial charge in [0.25, 0.3) is 5.69 Å². The molecule has 0 aliphatic heterocycles. The number of hydrogen-bond donors (Lipinski definition) is 2. The molecule has 0 saturated carbocycles. The maximum absolute atomic E-state index is 10.6. The van der Waals surface area contributed by atoms with E-state index in [4.69, 9.17) is 0 Å². The Hall–Kier alpha value is -1.46. The lowest BCUT2D eigenvalue weighted by atomic mass is 10.0. The summed E-state index contributed by atoms with van der Waals surface area (Å²) in [5.41, 5.74) is 1.07. The minimum atomic E-state index is -0.408. The van der Waals surface area contributed by atoms with Gasteiger partial charge < -0.3 is 10.4 Å². The molecule has 2 atom stereocenters. The molecular formula is C14H22N2O3. The number of nitrogens with zero attached hydrogens (tertiary/aromatic N) is 1. The van der Waals surface area contributed by atoms with Crippen molar-refractivity contribution in [3.63, 3.8) is 0 Å². The molecule has 0 amide bonds. The molecule has 2 unspecified atom stereocenters. The molecule has 0 aromatic heterocycles. The van der Waals surface area contributed by atoms with Gasteiger partial charge in [0.1, 0.15) is 0 Å². The molecule has 1 aromatic rings. The van der Waals surface area contributed by atoms with Crippen molar-refractivity contribution < 1.29 is 10.0 Å². The third kappa shape index (κ3) is 5.36. The van der Waals surface area contributed by atoms with Crippen molar-refractivity contribution in [2.24, 2.45) is 5.92 Å². The molecule has 0 saturated heterocycles. The zero-order valence-corrected chi connectivity index (χ0v) is 11.7. The molecule has 0 aliphatic carbocycles. The standard InChI is InChI=1S/C14H22N2O3/c1-10(2)8-14(17)9-15-11(3)12-4-6-13(7-5-12)16(18)19/h4-7,10-11,14-15,17H,8-9H2,1-3H3. The number of aliphatic hydroxyl groups is 1. The Morgan fingerprint density at radius 3 is 2.32 bits per heavy atom. The van der Waals surface area contributed by atoms with Crippen LogP contribution in [0.3, 0.4) is 0 Å². The highest BCUT2D eigenvalue weighted by Crippen LogP contribution is 2.17. The van der Waals surface area contributed by atoms with Gasteiger partial charge in [-0.15, -0.1) is 0 Å². The fourth-order valence-electron chi connectivity index (χ4n) is 1.94. The van der Waals surface area contributed by atoms with Crippen LogP contribution in [-0.4, -0.2) is 22.7 Å². The molecule has 0 radical (unpaired) electrons. The molecule has 0 bridgehead atoms. The van der Waals surface area contributed by atoms with Crippen LogP contribution in [-0.2, 0) is 0 Å². The first-order valence-corrected chi connectivity index (χ1v) is 6.56. The predicted octanol–water partition coefficient (Wildman–Crippen LogP) is 2.65. The van der Waals surface area contributed by atoms with Gasteiger partial charge in [0.2, 0.25) is 0 Å². The topological polar surface area (TPSA) is 75.4 Å². The number of non-ortho nitro benzene ring substituents is 1. The van der Waals surface area contributed by atoms with Crippen LogP contribution in [0.5, 0.6) is 0 Å². The van der Waals surface area contributed by atoms with Gasteiger partial charge in [-0.25, -0.2) is 0 Å². The van der Waals surface area contributed by atoms with Crippen LogP contribution < -0.4 is 5.32 Å². The molecule has 2 N–H and O–H groups in total. The Kier molecular flexibility index (Phi) is 5.92. The van der Waals surface area contributed by atoms with Crippen LogP contribution in [0.2, 0.25) is 0 Å². The average Bonchev–Trinajstić information content (AvgIpc) is 2.35. The number of nitro benzene ring substituents is 1. The van der Waals surface area contributed by atoms with Crippen LogP contribution in [0, 0.1) is 16.0 Å². The molecule has 0 heterocycles. The van der Waals surface area contributed by atoms with E-state index in [1.807, 2.05) is 6.92 Å². The largest absolute Gasteiger partial charge is 0.392 e. The Labute approximate surface area is 113 Å².